The van der Waals surface area contributed by atoms with Crippen molar-refractivity contribution in [1.29, 1.82) is 0 Å². The molecule has 5 nitrogen and oxygen atoms in total. The molecule has 1 spiro atoms. The van der Waals surface area contributed by atoms with Gasteiger partial charge in [0, 0.05) is 23.4 Å². The van der Waals surface area contributed by atoms with E-state index in [4.69, 9.17) is 14.2 Å². The van der Waals surface area contributed by atoms with E-state index in [1.54, 1.807) is 6.07 Å². The standard InChI is InChI=1S/C37H51NO4/c1-2-3-4-5-6-7-8-9-10-11-12-13-14-15-16-17-18-19-26-40-36(39)41-33-24-21-23-30-35(33)42-34-25-20-22-29-28-38-32-27-31(32)37(29,30)34/h20-25,28,31H,2-19,26-27H2,1H3. The van der Waals surface area contributed by atoms with E-state index in [1.807, 2.05) is 24.4 Å². The molecule has 2 unspecified atom stereocenters. The molecule has 228 valence electrons. The second-order valence-electron chi connectivity index (χ2n) is 12.6. The van der Waals surface area contributed by atoms with Crippen molar-refractivity contribution in [1.82, 2.24) is 0 Å². The van der Waals surface area contributed by atoms with Crippen molar-refractivity contribution in [3.05, 3.63) is 59.5 Å². The highest BCUT2D eigenvalue weighted by atomic mass is 16.7. The normalized spacial score (nSPS) is 20.8. The molecule has 0 N–H and O–H groups in total. The van der Waals surface area contributed by atoms with Crippen molar-refractivity contribution in [2.24, 2.45) is 10.9 Å². The number of unbranched alkanes of at least 4 members (excludes halogenated alkanes) is 17. The predicted molar refractivity (Wildman–Crippen MR) is 170 cm³/mol. The fourth-order valence-electron chi connectivity index (χ4n) is 7.00. The molecule has 1 fully saturated rings. The summed E-state index contributed by atoms with van der Waals surface area (Å²) in [6, 6.07) is 5.80. The third kappa shape index (κ3) is 7.38. The number of allylic oxidation sites excluding steroid dienone is 4. The number of carbonyl (C=O) groups excluding carboxylic acids is 1. The quantitative estimate of drug-likeness (QED) is 0.0884. The molecule has 4 aliphatic rings. The lowest BCUT2D eigenvalue weighted by Gasteiger charge is -2.33. The number of hydrogen-bond acceptors (Lipinski definition) is 5. The van der Waals surface area contributed by atoms with Crippen LogP contribution in [0, 0.1) is 5.92 Å². The first-order valence-corrected chi connectivity index (χ1v) is 17.1. The SMILES string of the molecule is CCCCCCCCCCCCCCCCCCCCOC(=O)Oc1cccc2c1OC1=CC=CC3=CN=C4CC4C312. The topological polar surface area (TPSA) is 57.1 Å². The molecule has 0 bridgehead atoms. The summed E-state index contributed by atoms with van der Waals surface area (Å²) in [5.74, 6) is 2.26. The summed E-state index contributed by atoms with van der Waals surface area (Å²) in [5, 5.41) is 0. The van der Waals surface area contributed by atoms with Crippen molar-refractivity contribution in [3.8, 4) is 11.5 Å². The summed E-state index contributed by atoms with van der Waals surface area (Å²) in [6.07, 6.45) is 32.5. The highest BCUT2D eigenvalue weighted by molar-refractivity contribution is 6.06. The van der Waals surface area contributed by atoms with Crippen molar-refractivity contribution >= 4 is 11.9 Å². The second kappa shape index (κ2) is 15.6. The molecule has 5 heteroatoms. The van der Waals surface area contributed by atoms with Gasteiger partial charge in [0.1, 0.15) is 5.76 Å². The third-order valence-electron chi connectivity index (χ3n) is 9.44. The van der Waals surface area contributed by atoms with E-state index in [2.05, 4.69) is 24.1 Å². The van der Waals surface area contributed by atoms with Gasteiger partial charge in [-0.1, -0.05) is 140 Å². The summed E-state index contributed by atoms with van der Waals surface area (Å²) in [6.45, 7) is 2.68. The molecule has 0 aromatic heterocycles. The van der Waals surface area contributed by atoms with Gasteiger partial charge in [-0.15, -0.1) is 0 Å². The summed E-state index contributed by atoms with van der Waals surface area (Å²) >= 11 is 0. The zero-order valence-corrected chi connectivity index (χ0v) is 25.8. The Bertz CT molecular complexity index is 1180. The van der Waals surface area contributed by atoms with Gasteiger partial charge in [0.2, 0.25) is 0 Å². The van der Waals surface area contributed by atoms with Gasteiger partial charge in [-0.2, -0.15) is 0 Å². The third-order valence-corrected chi connectivity index (χ3v) is 9.44. The first-order valence-electron chi connectivity index (χ1n) is 17.1. The summed E-state index contributed by atoms with van der Waals surface area (Å²) in [5.41, 5.74) is 3.07. The molecule has 1 aromatic carbocycles. The lowest BCUT2D eigenvalue weighted by Crippen LogP contribution is -2.34. The smallest absolute Gasteiger partial charge is 0.456 e. The number of para-hydroxylation sites is 1. The molecular weight excluding hydrogens is 522 g/mol. The van der Waals surface area contributed by atoms with Crippen LogP contribution in [-0.4, -0.2) is 18.5 Å². The Balaban J connectivity index is 0.892. The van der Waals surface area contributed by atoms with Crippen LogP contribution in [-0.2, 0) is 10.2 Å². The number of fused-ring (bicyclic) bond motifs is 2. The van der Waals surface area contributed by atoms with E-state index in [-0.39, 0.29) is 5.41 Å². The van der Waals surface area contributed by atoms with Crippen LogP contribution in [0.3, 0.4) is 0 Å². The average molecular weight is 574 g/mol. The molecule has 42 heavy (non-hydrogen) atoms. The molecular formula is C37H51NO4. The molecule has 2 aliphatic heterocycles. The van der Waals surface area contributed by atoms with Gasteiger partial charge in [-0.3, -0.25) is 4.99 Å². The Hall–Kier alpha value is -2.82. The number of benzene rings is 1. The highest BCUT2D eigenvalue weighted by Gasteiger charge is 2.62. The second-order valence-corrected chi connectivity index (χ2v) is 12.6. The summed E-state index contributed by atoms with van der Waals surface area (Å²) < 4.78 is 17.4. The first-order chi connectivity index (χ1) is 20.7. The monoisotopic (exact) mass is 573 g/mol. The molecule has 2 atom stereocenters. The zero-order valence-electron chi connectivity index (χ0n) is 25.8. The summed E-state index contributed by atoms with van der Waals surface area (Å²) in [7, 11) is 0. The van der Waals surface area contributed by atoms with Gasteiger partial charge >= 0.3 is 6.16 Å². The Morgan fingerprint density at radius 1 is 0.881 bits per heavy atom. The maximum atomic E-state index is 12.5. The van der Waals surface area contributed by atoms with E-state index in [1.165, 1.54) is 108 Å². The van der Waals surface area contributed by atoms with Crippen molar-refractivity contribution < 1.29 is 19.0 Å². The van der Waals surface area contributed by atoms with E-state index in [9.17, 15) is 4.79 Å². The highest BCUT2D eigenvalue weighted by Crippen LogP contribution is 2.64. The van der Waals surface area contributed by atoms with Crippen LogP contribution in [0.1, 0.15) is 134 Å². The van der Waals surface area contributed by atoms with Crippen LogP contribution in [0.4, 0.5) is 4.79 Å². The Morgan fingerprint density at radius 3 is 2.14 bits per heavy atom. The fraction of sp³-hybridized carbons (Fsp3) is 0.622. The maximum absolute atomic E-state index is 12.5. The fourth-order valence-corrected chi connectivity index (χ4v) is 7.00. The van der Waals surface area contributed by atoms with Crippen LogP contribution in [0.15, 0.2) is 59.0 Å². The Kier molecular flexibility index (Phi) is 11.4. The van der Waals surface area contributed by atoms with Gasteiger partial charge < -0.3 is 14.2 Å². The lowest BCUT2D eigenvalue weighted by atomic mass is 9.67. The zero-order chi connectivity index (χ0) is 29.0. The average Bonchev–Trinajstić information content (AvgIpc) is 3.73. The van der Waals surface area contributed by atoms with Crippen molar-refractivity contribution in [2.45, 2.75) is 134 Å². The Morgan fingerprint density at radius 2 is 1.50 bits per heavy atom. The van der Waals surface area contributed by atoms with Crippen LogP contribution < -0.4 is 9.47 Å². The van der Waals surface area contributed by atoms with Crippen LogP contribution in [0.5, 0.6) is 11.5 Å². The predicted octanol–water partition coefficient (Wildman–Crippen LogP) is 10.7. The number of rotatable bonds is 20. The lowest BCUT2D eigenvalue weighted by molar-refractivity contribution is 0.0963. The minimum atomic E-state index is -0.661. The van der Waals surface area contributed by atoms with Gasteiger partial charge in [-0.05, 0) is 30.6 Å². The van der Waals surface area contributed by atoms with E-state index < -0.39 is 6.16 Å². The maximum Gasteiger partial charge on any atom is 0.513 e. The minimum absolute atomic E-state index is 0.321. The molecule has 2 aliphatic carbocycles. The van der Waals surface area contributed by atoms with E-state index in [0.29, 0.717) is 24.0 Å². The number of hydrogen-bond donors (Lipinski definition) is 0. The summed E-state index contributed by atoms with van der Waals surface area (Å²) in [4.78, 5) is 17.1. The molecule has 2 heterocycles. The van der Waals surface area contributed by atoms with Crippen molar-refractivity contribution in [3.63, 3.8) is 0 Å². The number of carbonyl (C=O) groups is 1. The van der Waals surface area contributed by atoms with Crippen LogP contribution in [0.25, 0.3) is 0 Å². The number of ether oxygens (including phenoxy) is 3. The molecule has 0 saturated heterocycles. The minimum Gasteiger partial charge on any atom is -0.456 e. The number of nitrogens with zero attached hydrogens (tertiary/aromatic N) is 1. The van der Waals surface area contributed by atoms with Crippen LogP contribution in [0.2, 0.25) is 0 Å². The largest absolute Gasteiger partial charge is 0.513 e. The Labute approximate surface area is 253 Å². The molecule has 1 aromatic rings. The molecule has 0 radical (unpaired) electrons. The van der Waals surface area contributed by atoms with Crippen molar-refractivity contribution in [2.75, 3.05) is 6.61 Å². The van der Waals surface area contributed by atoms with E-state index >= 15 is 0 Å². The van der Waals surface area contributed by atoms with Crippen LogP contribution >= 0.6 is 0 Å². The molecule has 1 saturated carbocycles. The van der Waals surface area contributed by atoms with Gasteiger partial charge in [-0.25, -0.2) is 4.79 Å². The van der Waals surface area contributed by atoms with Gasteiger partial charge in [0.15, 0.2) is 11.5 Å². The molecule has 0 amide bonds. The van der Waals surface area contributed by atoms with Gasteiger partial charge in [0.25, 0.3) is 0 Å². The first kappa shape index (κ1) is 30.6. The van der Waals surface area contributed by atoms with E-state index in [0.717, 1.165) is 36.2 Å². The van der Waals surface area contributed by atoms with Gasteiger partial charge in [0.05, 0.1) is 12.0 Å². The molecule has 5 rings (SSSR count). The number of aliphatic imine (C=N–C) groups is 1.